The SMILES string of the molecule is O=C(CON=Cc1cccc(OCc2ccncc2)c1)Nc1ccc2c(c1)OCCCO2. The van der Waals surface area contributed by atoms with E-state index in [1.807, 2.05) is 36.4 Å². The first-order chi connectivity index (χ1) is 15.8. The largest absolute Gasteiger partial charge is 0.490 e. The second-order valence-corrected chi connectivity index (χ2v) is 6.98. The van der Waals surface area contributed by atoms with Crippen molar-refractivity contribution in [2.24, 2.45) is 5.16 Å². The molecular weight excluding hydrogens is 410 g/mol. The zero-order valence-electron chi connectivity index (χ0n) is 17.4. The van der Waals surface area contributed by atoms with Crippen molar-refractivity contribution in [3.8, 4) is 17.2 Å². The average molecular weight is 433 g/mol. The van der Waals surface area contributed by atoms with E-state index in [1.54, 1.807) is 30.6 Å². The Balaban J connectivity index is 1.24. The number of benzene rings is 2. The lowest BCUT2D eigenvalue weighted by Crippen LogP contribution is -2.17. The highest BCUT2D eigenvalue weighted by molar-refractivity contribution is 5.92. The summed E-state index contributed by atoms with van der Waals surface area (Å²) in [7, 11) is 0. The molecule has 0 spiro atoms. The number of oxime groups is 1. The standard InChI is InChI=1S/C24H23N3O5/c28-24(27-20-5-6-22-23(14-20)30-12-2-11-29-22)17-32-26-15-19-3-1-4-21(13-19)31-16-18-7-9-25-10-8-18/h1,3-10,13-15H,2,11-12,16-17H2,(H,27,28). The highest BCUT2D eigenvalue weighted by Crippen LogP contribution is 2.32. The van der Waals surface area contributed by atoms with Gasteiger partial charge < -0.3 is 24.4 Å². The van der Waals surface area contributed by atoms with Crippen molar-refractivity contribution >= 4 is 17.8 Å². The molecule has 1 aliphatic heterocycles. The minimum absolute atomic E-state index is 0.219. The minimum atomic E-state index is -0.328. The normalized spacial score (nSPS) is 12.8. The average Bonchev–Trinajstić information content (AvgIpc) is 3.07. The number of hydrogen-bond acceptors (Lipinski definition) is 7. The van der Waals surface area contributed by atoms with Crippen LogP contribution in [0, 0.1) is 0 Å². The number of nitrogens with zero attached hydrogens (tertiary/aromatic N) is 2. The van der Waals surface area contributed by atoms with Crippen molar-refractivity contribution in [3.05, 3.63) is 78.1 Å². The Kier molecular flexibility index (Phi) is 7.15. The Morgan fingerprint density at radius 2 is 1.91 bits per heavy atom. The highest BCUT2D eigenvalue weighted by atomic mass is 16.6. The monoisotopic (exact) mass is 433 g/mol. The van der Waals surface area contributed by atoms with Gasteiger partial charge in [-0.05, 0) is 47.5 Å². The van der Waals surface area contributed by atoms with Crippen molar-refractivity contribution in [1.82, 2.24) is 4.98 Å². The van der Waals surface area contributed by atoms with Gasteiger partial charge in [0.1, 0.15) is 12.4 Å². The van der Waals surface area contributed by atoms with Crippen LogP contribution in [-0.2, 0) is 16.2 Å². The predicted octanol–water partition coefficient (Wildman–Crippen LogP) is 3.81. The first-order valence-electron chi connectivity index (χ1n) is 10.2. The summed E-state index contributed by atoms with van der Waals surface area (Å²) in [6.45, 7) is 1.42. The lowest BCUT2D eigenvalue weighted by molar-refractivity contribution is -0.120. The number of carbonyl (C=O) groups excluding carboxylic acids is 1. The van der Waals surface area contributed by atoms with Crippen LogP contribution in [0.3, 0.4) is 0 Å². The predicted molar refractivity (Wildman–Crippen MR) is 119 cm³/mol. The van der Waals surface area contributed by atoms with E-state index >= 15 is 0 Å². The number of rotatable bonds is 8. The van der Waals surface area contributed by atoms with Crippen molar-refractivity contribution in [2.45, 2.75) is 13.0 Å². The Bertz CT molecular complexity index is 1070. The van der Waals surface area contributed by atoms with Gasteiger partial charge >= 0.3 is 0 Å². The molecule has 1 aliphatic rings. The lowest BCUT2D eigenvalue weighted by Gasteiger charge is -2.10. The molecule has 0 saturated carbocycles. The van der Waals surface area contributed by atoms with Crippen LogP contribution in [0.1, 0.15) is 17.5 Å². The fourth-order valence-electron chi connectivity index (χ4n) is 2.96. The number of fused-ring (bicyclic) bond motifs is 1. The van der Waals surface area contributed by atoms with Gasteiger partial charge in [-0.15, -0.1) is 0 Å². The number of pyridine rings is 1. The molecule has 3 aromatic rings. The summed E-state index contributed by atoms with van der Waals surface area (Å²) in [6, 6.07) is 16.5. The smallest absolute Gasteiger partial charge is 0.265 e. The molecule has 0 atom stereocenters. The topological polar surface area (TPSA) is 91.3 Å². The summed E-state index contributed by atoms with van der Waals surface area (Å²) in [4.78, 5) is 21.2. The van der Waals surface area contributed by atoms with Crippen LogP contribution in [-0.4, -0.2) is 36.9 Å². The first kappa shape index (κ1) is 21.2. The first-order valence-corrected chi connectivity index (χ1v) is 10.2. The van der Waals surface area contributed by atoms with Gasteiger partial charge in [0.05, 0.1) is 19.4 Å². The van der Waals surface area contributed by atoms with Gasteiger partial charge in [0.15, 0.2) is 18.1 Å². The van der Waals surface area contributed by atoms with Gasteiger partial charge in [0, 0.05) is 30.6 Å². The van der Waals surface area contributed by atoms with Gasteiger partial charge in [0.2, 0.25) is 0 Å². The zero-order chi connectivity index (χ0) is 22.0. The third-order valence-corrected chi connectivity index (χ3v) is 4.52. The maximum atomic E-state index is 12.1. The molecule has 164 valence electrons. The van der Waals surface area contributed by atoms with E-state index in [0.717, 1.165) is 17.5 Å². The van der Waals surface area contributed by atoms with Gasteiger partial charge in [-0.1, -0.05) is 17.3 Å². The van der Waals surface area contributed by atoms with E-state index in [9.17, 15) is 4.79 Å². The third-order valence-electron chi connectivity index (χ3n) is 4.52. The number of amides is 1. The molecule has 4 rings (SSSR count). The number of nitrogens with one attached hydrogen (secondary N) is 1. The van der Waals surface area contributed by atoms with Crippen LogP contribution in [0.4, 0.5) is 5.69 Å². The highest BCUT2D eigenvalue weighted by Gasteiger charge is 2.12. The van der Waals surface area contributed by atoms with Crippen LogP contribution >= 0.6 is 0 Å². The van der Waals surface area contributed by atoms with Gasteiger partial charge in [-0.25, -0.2) is 0 Å². The van der Waals surface area contributed by atoms with E-state index in [4.69, 9.17) is 19.0 Å². The van der Waals surface area contributed by atoms with Crippen LogP contribution < -0.4 is 19.5 Å². The summed E-state index contributed by atoms with van der Waals surface area (Å²) in [6.07, 6.45) is 5.80. The molecule has 0 aliphatic carbocycles. The van der Waals surface area contributed by atoms with Gasteiger partial charge in [-0.3, -0.25) is 9.78 Å². The molecule has 0 radical (unpaired) electrons. The number of carbonyl (C=O) groups is 1. The Morgan fingerprint density at radius 1 is 1.06 bits per heavy atom. The van der Waals surface area contributed by atoms with Crippen molar-refractivity contribution in [3.63, 3.8) is 0 Å². The maximum Gasteiger partial charge on any atom is 0.265 e. The second-order valence-electron chi connectivity index (χ2n) is 6.98. The number of anilines is 1. The molecule has 1 N–H and O–H groups in total. The molecular formula is C24H23N3O5. The van der Waals surface area contributed by atoms with E-state index in [-0.39, 0.29) is 12.5 Å². The summed E-state index contributed by atoms with van der Waals surface area (Å²) in [5.41, 5.74) is 2.42. The number of ether oxygens (including phenoxy) is 3. The molecule has 2 aromatic carbocycles. The summed E-state index contributed by atoms with van der Waals surface area (Å²) >= 11 is 0. The third kappa shape index (κ3) is 6.21. The maximum absolute atomic E-state index is 12.1. The molecule has 1 aromatic heterocycles. The van der Waals surface area contributed by atoms with E-state index in [0.29, 0.717) is 42.8 Å². The van der Waals surface area contributed by atoms with E-state index in [1.165, 1.54) is 6.21 Å². The van der Waals surface area contributed by atoms with Crippen molar-refractivity contribution in [2.75, 3.05) is 25.1 Å². The second kappa shape index (κ2) is 10.8. The molecule has 0 saturated heterocycles. The molecule has 0 fully saturated rings. The summed E-state index contributed by atoms with van der Waals surface area (Å²) in [5, 5.41) is 6.63. The quantitative estimate of drug-likeness (QED) is 0.429. The van der Waals surface area contributed by atoms with Gasteiger partial charge in [-0.2, -0.15) is 0 Å². The fraction of sp³-hybridized carbons (Fsp3) is 0.208. The molecule has 8 heteroatoms. The Hall–Kier alpha value is -4.07. The molecule has 8 nitrogen and oxygen atoms in total. The Morgan fingerprint density at radius 3 is 2.78 bits per heavy atom. The van der Waals surface area contributed by atoms with Gasteiger partial charge in [0.25, 0.3) is 5.91 Å². The molecule has 0 bridgehead atoms. The van der Waals surface area contributed by atoms with Crippen LogP contribution in [0.2, 0.25) is 0 Å². The molecule has 0 unspecified atom stereocenters. The zero-order valence-corrected chi connectivity index (χ0v) is 17.4. The van der Waals surface area contributed by atoms with E-state index < -0.39 is 0 Å². The van der Waals surface area contributed by atoms with Crippen LogP contribution in [0.25, 0.3) is 0 Å². The molecule has 1 amide bonds. The van der Waals surface area contributed by atoms with Crippen LogP contribution in [0.5, 0.6) is 17.2 Å². The van der Waals surface area contributed by atoms with Crippen LogP contribution in [0.15, 0.2) is 72.1 Å². The lowest BCUT2D eigenvalue weighted by atomic mass is 10.2. The summed E-state index contributed by atoms with van der Waals surface area (Å²) in [5.74, 6) is 1.67. The molecule has 32 heavy (non-hydrogen) atoms. The minimum Gasteiger partial charge on any atom is -0.490 e. The van der Waals surface area contributed by atoms with Crippen molar-refractivity contribution in [1.29, 1.82) is 0 Å². The van der Waals surface area contributed by atoms with E-state index in [2.05, 4.69) is 15.5 Å². The molecule has 2 heterocycles. The van der Waals surface area contributed by atoms with Crippen molar-refractivity contribution < 1.29 is 23.8 Å². The Labute approximate surface area is 185 Å². The number of hydrogen-bond donors (Lipinski definition) is 1. The summed E-state index contributed by atoms with van der Waals surface area (Å²) < 4.78 is 17.0. The fourth-order valence-corrected chi connectivity index (χ4v) is 2.96. The number of aromatic nitrogens is 1.